The number of halogens is 3. The van der Waals surface area contributed by atoms with Crippen LogP contribution in [0.25, 0.3) is 0 Å². The molecule has 0 spiro atoms. The van der Waals surface area contributed by atoms with Gasteiger partial charge in [0.05, 0.1) is 5.56 Å². The van der Waals surface area contributed by atoms with Gasteiger partial charge in [-0.05, 0) is 12.1 Å². The summed E-state index contributed by atoms with van der Waals surface area (Å²) in [6.07, 6.45) is -3.33. The van der Waals surface area contributed by atoms with E-state index in [2.05, 4.69) is 4.98 Å². The average Bonchev–Trinajstić information content (AvgIpc) is 2.01. The van der Waals surface area contributed by atoms with Crippen LogP contribution in [0.1, 0.15) is 12.5 Å². The highest BCUT2D eigenvalue weighted by Gasteiger charge is 2.34. The second-order valence-electron chi connectivity index (χ2n) is 2.58. The van der Waals surface area contributed by atoms with Gasteiger partial charge in [-0.1, -0.05) is 0 Å². The molecule has 6 heteroatoms. The second kappa shape index (κ2) is 3.65. The number of hydrogen-bond acceptors (Lipinski definition) is 2. The maximum atomic E-state index is 12.3. The summed E-state index contributed by atoms with van der Waals surface area (Å²) in [4.78, 5) is 14.0. The lowest BCUT2D eigenvalue weighted by Crippen LogP contribution is -2.15. The number of anilines is 1. The van der Waals surface area contributed by atoms with Crippen molar-refractivity contribution < 1.29 is 18.0 Å². The normalized spacial score (nSPS) is 11.1. The van der Waals surface area contributed by atoms with Gasteiger partial charge in [-0.15, -0.1) is 0 Å². The SMILES string of the molecule is CC(=O)Nc1ncccc1C(F)(F)F. The standard InChI is InChI=1S/C8H7F3N2O/c1-5(14)13-7-6(8(9,10)11)3-2-4-12-7/h2-4H,1H3,(H,12,13,14). The molecule has 0 saturated carbocycles. The van der Waals surface area contributed by atoms with Gasteiger partial charge >= 0.3 is 6.18 Å². The van der Waals surface area contributed by atoms with Crippen molar-refractivity contribution in [1.82, 2.24) is 4.98 Å². The highest BCUT2D eigenvalue weighted by atomic mass is 19.4. The third-order valence-electron chi connectivity index (χ3n) is 1.41. The van der Waals surface area contributed by atoms with Crippen molar-refractivity contribution in [2.45, 2.75) is 13.1 Å². The lowest BCUT2D eigenvalue weighted by Gasteiger charge is -2.10. The van der Waals surface area contributed by atoms with Gasteiger partial charge < -0.3 is 5.32 Å². The van der Waals surface area contributed by atoms with Crippen molar-refractivity contribution in [2.75, 3.05) is 5.32 Å². The second-order valence-corrected chi connectivity index (χ2v) is 2.58. The van der Waals surface area contributed by atoms with Gasteiger partial charge in [0.25, 0.3) is 0 Å². The van der Waals surface area contributed by atoms with Crippen molar-refractivity contribution in [2.24, 2.45) is 0 Å². The Morgan fingerprint density at radius 3 is 2.64 bits per heavy atom. The van der Waals surface area contributed by atoms with Crippen LogP contribution in [0, 0.1) is 0 Å². The molecule has 0 unspecified atom stereocenters. The summed E-state index contributed by atoms with van der Waals surface area (Å²) < 4.78 is 36.9. The molecule has 0 atom stereocenters. The predicted molar refractivity (Wildman–Crippen MR) is 43.5 cm³/mol. The van der Waals surface area contributed by atoms with Crippen LogP contribution in [0.15, 0.2) is 18.3 Å². The van der Waals surface area contributed by atoms with Crippen LogP contribution in [-0.2, 0) is 11.0 Å². The summed E-state index contributed by atoms with van der Waals surface area (Å²) in [6, 6.07) is 2.02. The fourth-order valence-corrected chi connectivity index (χ4v) is 0.900. The number of alkyl halides is 3. The smallest absolute Gasteiger partial charge is 0.310 e. The number of nitrogens with one attached hydrogen (secondary N) is 1. The van der Waals surface area contributed by atoms with Gasteiger partial charge in [-0.3, -0.25) is 4.79 Å². The molecule has 1 N–H and O–H groups in total. The molecule has 0 aliphatic rings. The zero-order valence-corrected chi connectivity index (χ0v) is 7.22. The van der Waals surface area contributed by atoms with Gasteiger partial charge in [0, 0.05) is 13.1 Å². The number of rotatable bonds is 1. The first-order valence-corrected chi connectivity index (χ1v) is 3.71. The van der Waals surface area contributed by atoms with E-state index in [1.165, 1.54) is 6.20 Å². The minimum atomic E-state index is -4.51. The molecule has 1 rings (SSSR count). The van der Waals surface area contributed by atoms with Gasteiger partial charge in [0.1, 0.15) is 5.82 Å². The Bertz CT molecular complexity index is 349. The van der Waals surface area contributed by atoms with Crippen molar-refractivity contribution in [1.29, 1.82) is 0 Å². The van der Waals surface area contributed by atoms with E-state index in [0.717, 1.165) is 19.1 Å². The lowest BCUT2D eigenvalue weighted by atomic mass is 10.2. The Kier molecular flexibility index (Phi) is 2.73. The number of pyridine rings is 1. The average molecular weight is 204 g/mol. The number of carbonyl (C=O) groups excluding carboxylic acids is 1. The summed E-state index contributed by atoms with van der Waals surface area (Å²) in [5, 5.41) is 2.01. The molecule has 0 radical (unpaired) electrons. The fraction of sp³-hybridized carbons (Fsp3) is 0.250. The largest absolute Gasteiger partial charge is 0.419 e. The maximum absolute atomic E-state index is 12.3. The molecule has 1 aromatic heterocycles. The van der Waals surface area contributed by atoms with Crippen molar-refractivity contribution >= 4 is 11.7 Å². The van der Waals surface area contributed by atoms with E-state index in [1.807, 2.05) is 5.32 Å². The molecule has 76 valence electrons. The summed E-state index contributed by atoms with van der Waals surface area (Å²) in [6.45, 7) is 1.12. The summed E-state index contributed by atoms with van der Waals surface area (Å²) in [5.74, 6) is -1.05. The molecule has 1 amide bonds. The molecule has 0 saturated heterocycles. The van der Waals surface area contributed by atoms with Crippen LogP contribution in [0.4, 0.5) is 19.0 Å². The highest BCUT2D eigenvalue weighted by Crippen LogP contribution is 2.33. The van der Waals surface area contributed by atoms with Gasteiger partial charge in [-0.2, -0.15) is 13.2 Å². The van der Waals surface area contributed by atoms with E-state index in [4.69, 9.17) is 0 Å². The Labute approximate surface area is 78.0 Å². The Hall–Kier alpha value is -1.59. The summed E-state index contributed by atoms with van der Waals surface area (Å²) >= 11 is 0. The van der Waals surface area contributed by atoms with Crippen molar-refractivity contribution in [3.63, 3.8) is 0 Å². The molecule has 0 aromatic carbocycles. The molecule has 0 aliphatic carbocycles. The van der Waals surface area contributed by atoms with Crippen molar-refractivity contribution in [3.05, 3.63) is 23.9 Å². The van der Waals surface area contributed by atoms with E-state index in [9.17, 15) is 18.0 Å². The quantitative estimate of drug-likeness (QED) is 0.760. The zero-order valence-electron chi connectivity index (χ0n) is 7.22. The van der Waals surface area contributed by atoms with Crippen molar-refractivity contribution in [3.8, 4) is 0 Å². The van der Waals surface area contributed by atoms with Crippen LogP contribution in [0.3, 0.4) is 0 Å². The molecule has 0 aliphatic heterocycles. The minimum Gasteiger partial charge on any atom is -0.310 e. The van der Waals surface area contributed by atoms with E-state index in [1.54, 1.807) is 0 Å². The number of nitrogens with zero attached hydrogens (tertiary/aromatic N) is 1. The monoisotopic (exact) mass is 204 g/mol. The van der Waals surface area contributed by atoms with Crippen LogP contribution < -0.4 is 5.32 Å². The number of amides is 1. The number of aromatic nitrogens is 1. The first-order chi connectivity index (χ1) is 6.41. The molecular weight excluding hydrogens is 197 g/mol. The van der Waals surface area contributed by atoms with E-state index in [-0.39, 0.29) is 0 Å². The summed E-state index contributed by atoms with van der Waals surface area (Å²) in [7, 11) is 0. The van der Waals surface area contributed by atoms with Gasteiger partial charge in [-0.25, -0.2) is 4.98 Å². The van der Waals surface area contributed by atoms with Gasteiger partial charge in [0.2, 0.25) is 5.91 Å². The topological polar surface area (TPSA) is 42.0 Å². The first kappa shape index (κ1) is 10.5. The zero-order chi connectivity index (χ0) is 10.8. The molecule has 0 bridgehead atoms. The summed E-state index contributed by atoms with van der Waals surface area (Å²) in [5.41, 5.74) is -0.949. The van der Waals surface area contributed by atoms with E-state index >= 15 is 0 Å². The van der Waals surface area contributed by atoms with E-state index < -0.39 is 23.5 Å². The molecule has 3 nitrogen and oxygen atoms in total. The lowest BCUT2D eigenvalue weighted by molar-refractivity contribution is -0.137. The van der Waals surface area contributed by atoms with Crippen LogP contribution in [-0.4, -0.2) is 10.9 Å². The third-order valence-corrected chi connectivity index (χ3v) is 1.41. The third kappa shape index (κ3) is 2.45. The van der Waals surface area contributed by atoms with Gasteiger partial charge in [0.15, 0.2) is 0 Å². The fourth-order valence-electron chi connectivity index (χ4n) is 0.900. The van der Waals surface area contributed by atoms with E-state index in [0.29, 0.717) is 0 Å². The number of carbonyl (C=O) groups is 1. The maximum Gasteiger partial charge on any atom is 0.419 e. The molecular formula is C8H7F3N2O. The minimum absolute atomic E-state index is 0.465. The predicted octanol–water partition coefficient (Wildman–Crippen LogP) is 2.06. The molecule has 14 heavy (non-hydrogen) atoms. The van der Waals surface area contributed by atoms with Crippen LogP contribution in [0.2, 0.25) is 0 Å². The van der Waals surface area contributed by atoms with Crippen LogP contribution in [0.5, 0.6) is 0 Å². The van der Waals surface area contributed by atoms with Crippen LogP contribution >= 0.6 is 0 Å². The first-order valence-electron chi connectivity index (χ1n) is 3.71. The number of hydrogen-bond donors (Lipinski definition) is 1. The molecule has 0 fully saturated rings. The Morgan fingerprint density at radius 2 is 2.14 bits per heavy atom. The highest BCUT2D eigenvalue weighted by molar-refractivity contribution is 5.88. The Morgan fingerprint density at radius 1 is 1.50 bits per heavy atom. The molecule has 1 aromatic rings. The Balaban J connectivity index is 3.10. The molecule has 1 heterocycles.